The number of methoxy groups -OCH3 is 3. The smallest absolute Gasteiger partial charge is 0.270 e. The fraction of sp³-hybridized carbons (Fsp3) is 0.167. The third-order valence-electron chi connectivity index (χ3n) is 3.81. The number of nitrogens with zero attached hydrogens (tertiary/aromatic N) is 2. The number of hydrogen-bond donors (Lipinski definition) is 0. The van der Waals surface area contributed by atoms with Crippen LogP contribution in [-0.2, 0) is 0 Å². The van der Waals surface area contributed by atoms with Gasteiger partial charge in [-0.2, -0.15) is 0 Å². The number of rotatable bonds is 6. The third kappa shape index (κ3) is 3.16. The average Bonchev–Trinajstić information content (AvgIpc) is 3.17. The maximum Gasteiger partial charge on any atom is 0.270 e. The fourth-order valence-corrected chi connectivity index (χ4v) is 2.55. The molecule has 0 N–H and O–H groups in total. The normalized spacial score (nSPS) is 10.4. The van der Waals surface area contributed by atoms with Crippen molar-refractivity contribution >= 4 is 5.69 Å². The Balaban J connectivity index is 2.02. The van der Waals surface area contributed by atoms with E-state index in [0.29, 0.717) is 39.8 Å². The van der Waals surface area contributed by atoms with Gasteiger partial charge in [0.05, 0.1) is 26.3 Å². The molecular formula is C18H16N2O6. The summed E-state index contributed by atoms with van der Waals surface area (Å²) < 4.78 is 21.4. The van der Waals surface area contributed by atoms with Crippen LogP contribution in [0.1, 0.15) is 0 Å². The maximum atomic E-state index is 10.9. The largest absolute Gasteiger partial charge is 0.493 e. The molecule has 1 heterocycles. The van der Waals surface area contributed by atoms with E-state index < -0.39 is 4.92 Å². The molecule has 0 fully saturated rings. The summed E-state index contributed by atoms with van der Waals surface area (Å²) in [5.74, 6) is 1.90. The predicted octanol–water partition coefficient (Wildman–Crippen LogP) is 3.94. The molecule has 0 saturated heterocycles. The van der Waals surface area contributed by atoms with Gasteiger partial charge in [0.15, 0.2) is 17.3 Å². The first-order valence-electron chi connectivity index (χ1n) is 7.59. The van der Waals surface area contributed by atoms with Gasteiger partial charge in [-0.15, -0.1) is 0 Å². The number of aromatic nitrogens is 1. The maximum absolute atomic E-state index is 10.9. The van der Waals surface area contributed by atoms with Crippen LogP contribution in [0.15, 0.2) is 47.0 Å². The molecule has 0 unspecified atom stereocenters. The molecule has 0 spiro atoms. The van der Waals surface area contributed by atoms with Gasteiger partial charge in [-0.1, -0.05) is 17.3 Å². The zero-order valence-electron chi connectivity index (χ0n) is 14.4. The zero-order chi connectivity index (χ0) is 18.7. The minimum atomic E-state index is -0.455. The summed E-state index contributed by atoms with van der Waals surface area (Å²) in [5.41, 5.74) is 1.72. The summed E-state index contributed by atoms with van der Waals surface area (Å²) in [4.78, 5) is 10.5. The SMILES string of the molecule is COc1cc(-c2cc(-c3cccc([N+](=O)[O-])c3)no2)cc(OC)c1OC. The number of nitro benzene ring substituents is 1. The van der Waals surface area contributed by atoms with E-state index in [1.807, 2.05) is 0 Å². The van der Waals surface area contributed by atoms with E-state index in [1.54, 1.807) is 30.3 Å². The highest BCUT2D eigenvalue weighted by atomic mass is 16.6. The number of benzene rings is 2. The lowest BCUT2D eigenvalue weighted by Crippen LogP contribution is -1.95. The molecule has 3 rings (SSSR count). The van der Waals surface area contributed by atoms with E-state index in [2.05, 4.69) is 5.16 Å². The predicted molar refractivity (Wildman–Crippen MR) is 93.7 cm³/mol. The Bertz CT molecular complexity index is 925. The van der Waals surface area contributed by atoms with Crippen LogP contribution in [0.3, 0.4) is 0 Å². The molecule has 2 aromatic carbocycles. The highest BCUT2D eigenvalue weighted by molar-refractivity contribution is 5.72. The summed E-state index contributed by atoms with van der Waals surface area (Å²) in [6.07, 6.45) is 0. The van der Waals surface area contributed by atoms with Gasteiger partial charge in [-0.05, 0) is 12.1 Å². The Morgan fingerprint density at radius 3 is 2.23 bits per heavy atom. The van der Waals surface area contributed by atoms with Crippen molar-refractivity contribution in [2.75, 3.05) is 21.3 Å². The zero-order valence-corrected chi connectivity index (χ0v) is 14.4. The van der Waals surface area contributed by atoms with Crippen LogP contribution in [0.5, 0.6) is 17.2 Å². The second-order valence-electron chi connectivity index (χ2n) is 5.30. The van der Waals surface area contributed by atoms with Crippen molar-refractivity contribution in [1.82, 2.24) is 5.16 Å². The molecule has 26 heavy (non-hydrogen) atoms. The Morgan fingerprint density at radius 2 is 1.65 bits per heavy atom. The van der Waals surface area contributed by atoms with Crippen LogP contribution in [-0.4, -0.2) is 31.4 Å². The van der Waals surface area contributed by atoms with Gasteiger partial charge in [-0.3, -0.25) is 10.1 Å². The molecule has 0 aliphatic heterocycles. The van der Waals surface area contributed by atoms with Crippen LogP contribution in [0.25, 0.3) is 22.6 Å². The second-order valence-corrected chi connectivity index (χ2v) is 5.30. The summed E-state index contributed by atoms with van der Waals surface area (Å²) in [5, 5.41) is 14.9. The summed E-state index contributed by atoms with van der Waals surface area (Å²) >= 11 is 0. The fourth-order valence-electron chi connectivity index (χ4n) is 2.55. The summed E-state index contributed by atoms with van der Waals surface area (Å²) in [6.45, 7) is 0. The van der Waals surface area contributed by atoms with Crippen LogP contribution in [0.4, 0.5) is 5.69 Å². The molecule has 134 valence electrons. The van der Waals surface area contributed by atoms with Crippen molar-refractivity contribution in [3.8, 4) is 39.8 Å². The Labute approximate surface area is 149 Å². The van der Waals surface area contributed by atoms with E-state index in [-0.39, 0.29) is 5.69 Å². The Hall–Kier alpha value is -3.55. The Morgan fingerprint density at radius 1 is 0.962 bits per heavy atom. The van der Waals surface area contributed by atoms with Gasteiger partial charge in [0.1, 0.15) is 5.69 Å². The molecule has 3 aromatic rings. The summed E-state index contributed by atoms with van der Waals surface area (Å²) in [6, 6.07) is 11.4. The molecule has 0 radical (unpaired) electrons. The topological polar surface area (TPSA) is 96.9 Å². The summed E-state index contributed by atoms with van der Waals surface area (Å²) in [7, 11) is 4.57. The number of hydrogen-bond acceptors (Lipinski definition) is 7. The van der Waals surface area contributed by atoms with E-state index in [4.69, 9.17) is 18.7 Å². The molecule has 0 atom stereocenters. The third-order valence-corrected chi connectivity index (χ3v) is 3.81. The standard InChI is InChI=1S/C18H16N2O6/c1-23-16-8-12(9-17(24-2)18(16)25-3)15-10-14(19-26-15)11-5-4-6-13(7-11)20(21)22/h4-10H,1-3H3. The van der Waals surface area contributed by atoms with E-state index in [9.17, 15) is 10.1 Å². The van der Waals surface area contributed by atoms with Gasteiger partial charge >= 0.3 is 0 Å². The van der Waals surface area contributed by atoms with Gasteiger partial charge in [-0.25, -0.2) is 0 Å². The first kappa shape index (κ1) is 17.3. The van der Waals surface area contributed by atoms with Crippen molar-refractivity contribution in [1.29, 1.82) is 0 Å². The van der Waals surface area contributed by atoms with Crippen molar-refractivity contribution in [2.45, 2.75) is 0 Å². The van der Waals surface area contributed by atoms with Crippen molar-refractivity contribution in [3.63, 3.8) is 0 Å². The first-order chi connectivity index (χ1) is 12.6. The highest BCUT2D eigenvalue weighted by Crippen LogP contribution is 2.41. The molecular weight excluding hydrogens is 340 g/mol. The van der Waals surface area contributed by atoms with E-state index in [1.165, 1.54) is 33.5 Å². The van der Waals surface area contributed by atoms with Gasteiger partial charge < -0.3 is 18.7 Å². The Kier molecular flexibility index (Phi) is 4.74. The quantitative estimate of drug-likeness (QED) is 0.487. The van der Waals surface area contributed by atoms with Crippen molar-refractivity contribution in [2.24, 2.45) is 0 Å². The van der Waals surface area contributed by atoms with Crippen molar-refractivity contribution in [3.05, 3.63) is 52.6 Å². The second kappa shape index (κ2) is 7.14. The van der Waals surface area contributed by atoms with Crippen LogP contribution in [0.2, 0.25) is 0 Å². The number of non-ortho nitro benzene ring substituents is 1. The lowest BCUT2D eigenvalue weighted by atomic mass is 10.1. The first-order valence-corrected chi connectivity index (χ1v) is 7.59. The molecule has 0 saturated carbocycles. The van der Waals surface area contributed by atoms with Crippen LogP contribution >= 0.6 is 0 Å². The van der Waals surface area contributed by atoms with E-state index >= 15 is 0 Å². The number of ether oxygens (including phenoxy) is 3. The molecule has 0 amide bonds. The minimum absolute atomic E-state index is 0.0140. The lowest BCUT2D eigenvalue weighted by molar-refractivity contribution is -0.384. The van der Waals surface area contributed by atoms with Gasteiger partial charge in [0.25, 0.3) is 5.69 Å². The molecule has 8 nitrogen and oxygen atoms in total. The number of nitro groups is 1. The van der Waals surface area contributed by atoms with Gasteiger partial charge in [0.2, 0.25) is 5.75 Å². The van der Waals surface area contributed by atoms with Crippen LogP contribution < -0.4 is 14.2 Å². The molecule has 1 aromatic heterocycles. The molecule has 0 aliphatic carbocycles. The lowest BCUT2D eigenvalue weighted by Gasteiger charge is -2.12. The minimum Gasteiger partial charge on any atom is -0.493 e. The van der Waals surface area contributed by atoms with Crippen molar-refractivity contribution < 1.29 is 23.7 Å². The highest BCUT2D eigenvalue weighted by Gasteiger charge is 2.17. The van der Waals surface area contributed by atoms with Gasteiger partial charge in [0, 0.05) is 29.3 Å². The average molecular weight is 356 g/mol. The molecule has 0 bridgehead atoms. The molecule has 0 aliphatic rings. The monoisotopic (exact) mass is 356 g/mol. The van der Waals surface area contributed by atoms with E-state index in [0.717, 1.165) is 0 Å². The molecule has 8 heteroatoms. The van der Waals surface area contributed by atoms with Crippen LogP contribution in [0, 0.1) is 10.1 Å².